The van der Waals surface area contributed by atoms with Crippen LogP contribution in [0.4, 0.5) is 5.69 Å². The molecule has 1 rings (SSSR count). The molecule has 5 nitrogen and oxygen atoms in total. The minimum atomic E-state index is -0.840. The highest BCUT2D eigenvalue weighted by Crippen LogP contribution is 2.41. The third kappa shape index (κ3) is 3.35. The maximum Gasteiger partial charge on any atom is 0.304 e. The lowest BCUT2D eigenvalue weighted by atomic mass is 9.80. The Balaban J connectivity index is 3.42. The van der Waals surface area contributed by atoms with Gasteiger partial charge in [0.15, 0.2) is 0 Å². The molecule has 0 atom stereocenters. The van der Waals surface area contributed by atoms with Gasteiger partial charge in [-0.2, -0.15) is 0 Å². The summed E-state index contributed by atoms with van der Waals surface area (Å²) >= 11 is 0. The molecule has 1 aromatic carbocycles. The van der Waals surface area contributed by atoms with Crippen LogP contribution in [0.25, 0.3) is 0 Å². The molecule has 0 aliphatic heterocycles. The summed E-state index contributed by atoms with van der Waals surface area (Å²) in [7, 11) is 7.02. The summed E-state index contributed by atoms with van der Waals surface area (Å²) in [5.74, 6) is 0.526. The van der Waals surface area contributed by atoms with Crippen molar-refractivity contribution in [2.75, 3.05) is 33.2 Å². The second kappa shape index (κ2) is 6.03. The summed E-state index contributed by atoms with van der Waals surface area (Å²) in [5, 5.41) is 9.06. The second-order valence-corrected chi connectivity index (χ2v) is 5.57. The molecule has 1 aromatic rings. The lowest BCUT2D eigenvalue weighted by Crippen LogP contribution is -2.23. The number of carboxylic acid groups (broad SMARTS) is 1. The Bertz CT molecular complexity index is 495. The number of benzene rings is 1. The van der Waals surface area contributed by atoms with Crippen LogP contribution in [0.3, 0.4) is 0 Å². The molecule has 0 unspecified atom stereocenters. The van der Waals surface area contributed by atoms with Gasteiger partial charge in [-0.05, 0) is 6.07 Å². The smallest absolute Gasteiger partial charge is 0.304 e. The van der Waals surface area contributed by atoms with E-state index in [1.807, 2.05) is 45.0 Å². The van der Waals surface area contributed by atoms with Crippen molar-refractivity contribution < 1.29 is 19.4 Å². The summed E-state index contributed by atoms with van der Waals surface area (Å²) in [6.07, 6.45) is 0.0217. The molecule has 0 bridgehead atoms. The Kier molecular flexibility index (Phi) is 4.87. The molecule has 0 saturated carbocycles. The van der Waals surface area contributed by atoms with Crippen LogP contribution in [0.1, 0.15) is 25.8 Å². The molecule has 112 valence electrons. The summed E-state index contributed by atoms with van der Waals surface area (Å²) in [6, 6.07) is 3.73. The van der Waals surface area contributed by atoms with Crippen molar-refractivity contribution >= 4 is 11.7 Å². The number of anilines is 1. The van der Waals surface area contributed by atoms with E-state index in [1.54, 1.807) is 14.2 Å². The van der Waals surface area contributed by atoms with Crippen LogP contribution in [-0.4, -0.2) is 39.4 Å². The van der Waals surface area contributed by atoms with E-state index in [9.17, 15) is 4.79 Å². The Morgan fingerprint density at radius 3 is 2.15 bits per heavy atom. The van der Waals surface area contributed by atoms with Crippen molar-refractivity contribution in [3.05, 3.63) is 17.7 Å². The Morgan fingerprint density at radius 2 is 1.75 bits per heavy atom. The fourth-order valence-corrected chi connectivity index (χ4v) is 2.23. The summed E-state index contributed by atoms with van der Waals surface area (Å²) in [4.78, 5) is 13.0. The standard InChI is InChI=1S/C15H23NO4/c1-15(2,9-14(17)18)10-7-13(20-6)11(16(3)4)8-12(10)19-5/h7-8H,9H2,1-6H3,(H,17,18). The lowest BCUT2D eigenvalue weighted by molar-refractivity contribution is -0.138. The molecule has 0 radical (unpaired) electrons. The van der Waals surface area contributed by atoms with Gasteiger partial charge in [0.25, 0.3) is 0 Å². The fraction of sp³-hybridized carbons (Fsp3) is 0.533. The van der Waals surface area contributed by atoms with Gasteiger partial charge in [0.05, 0.1) is 26.3 Å². The fourth-order valence-electron chi connectivity index (χ4n) is 2.23. The van der Waals surface area contributed by atoms with Crippen molar-refractivity contribution in [3.8, 4) is 11.5 Å². The number of hydrogen-bond acceptors (Lipinski definition) is 4. The SMILES string of the molecule is COc1cc(C(C)(C)CC(=O)O)c(OC)cc1N(C)C. The number of aliphatic carboxylic acids is 1. The monoisotopic (exact) mass is 281 g/mol. The molecule has 5 heteroatoms. The van der Waals surface area contributed by atoms with E-state index >= 15 is 0 Å². The summed E-state index contributed by atoms with van der Waals surface area (Å²) in [5.41, 5.74) is 1.17. The largest absolute Gasteiger partial charge is 0.496 e. The molecule has 0 aliphatic carbocycles. The second-order valence-electron chi connectivity index (χ2n) is 5.57. The van der Waals surface area contributed by atoms with E-state index in [2.05, 4.69) is 0 Å². The molecule has 1 N–H and O–H groups in total. The van der Waals surface area contributed by atoms with Crippen LogP contribution in [0.5, 0.6) is 11.5 Å². The zero-order valence-electron chi connectivity index (χ0n) is 13.0. The minimum absolute atomic E-state index is 0.0217. The third-order valence-electron chi connectivity index (χ3n) is 3.31. The van der Waals surface area contributed by atoms with Gasteiger partial charge in [0.1, 0.15) is 11.5 Å². The highest BCUT2D eigenvalue weighted by atomic mass is 16.5. The number of methoxy groups -OCH3 is 2. The van der Waals surface area contributed by atoms with Crippen molar-refractivity contribution in [3.63, 3.8) is 0 Å². The van der Waals surface area contributed by atoms with Crippen molar-refractivity contribution in [2.24, 2.45) is 0 Å². The topological polar surface area (TPSA) is 59.0 Å². The van der Waals surface area contributed by atoms with Gasteiger partial charge < -0.3 is 19.5 Å². The maximum atomic E-state index is 11.0. The van der Waals surface area contributed by atoms with Crippen LogP contribution in [0.15, 0.2) is 12.1 Å². The Morgan fingerprint density at radius 1 is 1.20 bits per heavy atom. The highest BCUT2D eigenvalue weighted by molar-refractivity contribution is 5.71. The maximum absolute atomic E-state index is 11.0. The average Bonchev–Trinajstić information content (AvgIpc) is 2.35. The molecular formula is C15H23NO4. The predicted octanol–water partition coefficient (Wildman–Crippen LogP) is 2.52. The van der Waals surface area contributed by atoms with Crippen molar-refractivity contribution in [2.45, 2.75) is 25.7 Å². The molecule has 0 aromatic heterocycles. The van der Waals surface area contributed by atoms with E-state index in [-0.39, 0.29) is 6.42 Å². The first-order valence-electron chi connectivity index (χ1n) is 6.38. The van der Waals surface area contributed by atoms with E-state index in [4.69, 9.17) is 14.6 Å². The number of rotatable bonds is 6. The number of nitrogens with zero attached hydrogens (tertiary/aromatic N) is 1. The number of carboxylic acids is 1. The van der Waals surface area contributed by atoms with E-state index in [0.29, 0.717) is 11.5 Å². The Labute approximate surface area is 120 Å². The number of ether oxygens (including phenoxy) is 2. The van der Waals surface area contributed by atoms with E-state index in [0.717, 1.165) is 11.3 Å². The molecule has 0 aliphatic rings. The molecule has 0 heterocycles. The molecular weight excluding hydrogens is 258 g/mol. The van der Waals surface area contributed by atoms with Crippen LogP contribution < -0.4 is 14.4 Å². The molecule has 20 heavy (non-hydrogen) atoms. The predicted molar refractivity (Wildman–Crippen MR) is 79.2 cm³/mol. The first-order valence-corrected chi connectivity index (χ1v) is 6.38. The number of hydrogen-bond donors (Lipinski definition) is 1. The average molecular weight is 281 g/mol. The zero-order chi connectivity index (χ0) is 15.5. The van der Waals surface area contributed by atoms with Gasteiger partial charge in [-0.15, -0.1) is 0 Å². The quantitative estimate of drug-likeness (QED) is 0.868. The van der Waals surface area contributed by atoms with Crippen LogP contribution >= 0.6 is 0 Å². The highest BCUT2D eigenvalue weighted by Gasteiger charge is 2.29. The molecule has 0 amide bonds. The Hall–Kier alpha value is -1.91. The summed E-state index contributed by atoms with van der Waals surface area (Å²) in [6.45, 7) is 3.77. The van der Waals surface area contributed by atoms with Gasteiger partial charge in [0.2, 0.25) is 0 Å². The number of carbonyl (C=O) groups is 1. The molecule has 0 spiro atoms. The van der Waals surface area contributed by atoms with E-state index in [1.165, 1.54) is 0 Å². The molecule has 0 saturated heterocycles. The van der Waals surface area contributed by atoms with E-state index < -0.39 is 11.4 Å². The normalized spacial score (nSPS) is 11.1. The third-order valence-corrected chi connectivity index (χ3v) is 3.31. The molecule has 0 fully saturated rings. The van der Waals surface area contributed by atoms with Crippen molar-refractivity contribution in [1.82, 2.24) is 0 Å². The first-order chi connectivity index (χ1) is 9.22. The van der Waals surface area contributed by atoms with Crippen molar-refractivity contribution in [1.29, 1.82) is 0 Å². The van der Waals surface area contributed by atoms with Gasteiger partial charge >= 0.3 is 5.97 Å². The van der Waals surface area contributed by atoms with Gasteiger partial charge in [-0.1, -0.05) is 13.8 Å². The van der Waals surface area contributed by atoms with Gasteiger partial charge in [-0.3, -0.25) is 4.79 Å². The first kappa shape index (κ1) is 16.1. The lowest BCUT2D eigenvalue weighted by Gasteiger charge is -2.28. The summed E-state index contributed by atoms with van der Waals surface area (Å²) < 4.78 is 10.8. The van der Waals surface area contributed by atoms with Crippen LogP contribution in [0.2, 0.25) is 0 Å². The van der Waals surface area contributed by atoms with Gasteiger partial charge in [-0.25, -0.2) is 0 Å². The zero-order valence-corrected chi connectivity index (χ0v) is 13.0. The van der Waals surface area contributed by atoms with Crippen LogP contribution in [0, 0.1) is 0 Å². The van der Waals surface area contributed by atoms with Crippen LogP contribution in [-0.2, 0) is 10.2 Å². The van der Waals surface area contributed by atoms with Gasteiger partial charge in [0, 0.05) is 31.1 Å². The minimum Gasteiger partial charge on any atom is -0.496 e.